The molecule has 0 spiro atoms. The quantitative estimate of drug-likeness (QED) is 0.415. The van der Waals surface area contributed by atoms with E-state index in [1.54, 1.807) is 13.8 Å². The Morgan fingerprint density at radius 1 is 1.17 bits per heavy atom. The van der Waals surface area contributed by atoms with Crippen LogP contribution in [0.4, 0.5) is 5.69 Å². The van der Waals surface area contributed by atoms with E-state index in [-0.39, 0.29) is 23.9 Å². The molecular formula is C14H19N3O6S. The Labute approximate surface area is 143 Å². The van der Waals surface area contributed by atoms with Gasteiger partial charge in [-0.1, -0.05) is 12.2 Å². The van der Waals surface area contributed by atoms with Gasteiger partial charge in [-0.2, -0.15) is 0 Å². The zero-order valence-electron chi connectivity index (χ0n) is 13.8. The molecule has 1 aromatic heterocycles. The fraction of sp³-hybridized carbons (Fsp3) is 0.500. The second-order valence-electron chi connectivity index (χ2n) is 4.73. The van der Waals surface area contributed by atoms with Gasteiger partial charge in [0.1, 0.15) is 10.7 Å². The highest BCUT2D eigenvalue weighted by Gasteiger charge is 2.34. The lowest BCUT2D eigenvalue weighted by Gasteiger charge is -2.17. The van der Waals surface area contributed by atoms with Crippen LogP contribution in [0.2, 0.25) is 0 Å². The minimum Gasteiger partial charge on any atom is -0.465 e. The number of nitrogens with zero attached hydrogens (tertiary/aromatic N) is 2. The van der Waals surface area contributed by atoms with Gasteiger partial charge in [0, 0.05) is 20.3 Å². The molecule has 0 unspecified atom stereocenters. The number of aromatic nitrogens is 2. The van der Waals surface area contributed by atoms with Crippen molar-refractivity contribution in [2.24, 2.45) is 20.0 Å². The van der Waals surface area contributed by atoms with E-state index in [1.165, 1.54) is 20.3 Å². The minimum absolute atomic E-state index is 0.0526. The summed E-state index contributed by atoms with van der Waals surface area (Å²) in [5, 5.41) is 2.53. The first-order valence-electron chi connectivity index (χ1n) is 7.15. The van der Waals surface area contributed by atoms with E-state index in [0.717, 1.165) is 9.13 Å². The Balaban J connectivity index is 3.17. The first kappa shape index (κ1) is 19.6. The molecule has 9 nitrogen and oxygen atoms in total. The molecule has 24 heavy (non-hydrogen) atoms. The topological polar surface area (TPSA) is 109 Å². The number of ether oxygens (including phenoxy) is 2. The highest BCUT2D eigenvalue weighted by molar-refractivity contribution is 7.80. The van der Waals surface area contributed by atoms with Crippen LogP contribution in [0.3, 0.4) is 0 Å². The summed E-state index contributed by atoms with van der Waals surface area (Å²) in [5.74, 6) is -3.26. The summed E-state index contributed by atoms with van der Waals surface area (Å²) in [6.07, 6.45) is 1.23. The highest BCUT2D eigenvalue weighted by Crippen LogP contribution is 2.10. The molecule has 0 aliphatic heterocycles. The predicted molar refractivity (Wildman–Crippen MR) is 89.9 cm³/mol. The first-order chi connectivity index (χ1) is 11.2. The molecule has 0 aliphatic rings. The van der Waals surface area contributed by atoms with E-state index in [0.29, 0.717) is 0 Å². The van der Waals surface area contributed by atoms with E-state index in [2.05, 4.69) is 5.32 Å². The third-order valence-electron chi connectivity index (χ3n) is 3.01. The lowest BCUT2D eigenvalue weighted by molar-refractivity contribution is -0.157. The zero-order chi connectivity index (χ0) is 18.4. The molecule has 0 radical (unpaired) electrons. The molecule has 1 aromatic rings. The van der Waals surface area contributed by atoms with Gasteiger partial charge in [0.25, 0.3) is 5.56 Å². The van der Waals surface area contributed by atoms with Crippen LogP contribution in [0, 0.1) is 5.92 Å². The van der Waals surface area contributed by atoms with Gasteiger partial charge in [0.05, 0.1) is 13.2 Å². The smallest absolute Gasteiger partial charge is 0.330 e. The van der Waals surface area contributed by atoms with Crippen LogP contribution in [0.25, 0.3) is 0 Å². The molecular weight excluding hydrogens is 338 g/mol. The summed E-state index contributed by atoms with van der Waals surface area (Å²) < 4.78 is 11.7. The summed E-state index contributed by atoms with van der Waals surface area (Å²) in [7, 11) is 2.75. The molecule has 1 N–H and O–H groups in total. The number of carbonyl (C=O) groups is 2. The number of rotatable bonds is 6. The van der Waals surface area contributed by atoms with Gasteiger partial charge in [0.2, 0.25) is 5.92 Å². The van der Waals surface area contributed by atoms with Crippen molar-refractivity contribution in [1.82, 2.24) is 9.13 Å². The van der Waals surface area contributed by atoms with Crippen LogP contribution in [-0.2, 0) is 33.2 Å². The Morgan fingerprint density at radius 3 is 2.12 bits per heavy atom. The van der Waals surface area contributed by atoms with Gasteiger partial charge in [0.15, 0.2) is 0 Å². The Hall–Kier alpha value is -2.49. The summed E-state index contributed by atoms with van der Waals surface area (Å²) in [6.45, 7) is 3.27. The summed E-state index contributed by atoms with van der Waals surface area (Å²) in [6, 6.07) is 0. The maximum atomic E-state index is 12.1. The third kappa shape index (κ3) is 4.28. The molecule has 0 aromatic carbocycles. The summed E-state index contributed by atoms with van der Waals surface area (Å²) >= 11 is 5.07. The lowest BCUT2D eigenvalue weighted by Crippen LogP contribution is -2.41. The maximum Gasteiger partial charge on any atom is 0.330 e. The SMILES string of the molecule is CCOC(=O)C(C(=O)OCC)C(=S)Nc1cn(C)c(=O)n(C)c1=O. The second-order valence-corrected chi connectivity index (χ2v) is 5.17. The number of nitrogens with one attached hydrogen (secondary N) is 1. The van der Waals surface area contributed by atoms with Crippen molar-refractivity contribution in [2.45, 2.75) is 13.8 Å². The lowest BCUT2D eigenvalue weighted by atomic mass is 10.1. The Kier molecular flexibility index (Phi) is 6.83. The maximum absolute atomic E-state index is 12.1. The van der Waals surface area contributed by atoms with E-state index in [9.17, 15) is 19.2 Å². The molecule has 1 heterocycles. The molecule has 132 valence electrons. The third-order valence-corrected chi connectivity index (χ3v) is 3.35. The summed E-state index contributed by atoms with van der Waals surface area (Å²) in [4.78, 5) is 47.5. The Morgan fingerprint density at radius 2 is 1.67 bits per heavy atom. The van der Waals surface area contributed by atoms with Crippen LogP contribution in [-0.4, -0.2) is 39.3 Å². The number of hydrogen-bond acceptors (Lipinski definition) is 7. The number of anilines is 1. The van der Waals surface area contributed by atoms with Crippen LogP contribution >= 0.6 is 12.2 Å². The molecule has 0 bridgehead atoms. The molecule has 0 atom stereocenters. The number of hydrogen-bond donors (Lipinski definition) is 1. The van der Waals surface area contributed by atoms with E-state index >= 15 is 0 Å². The molecule has 0 saturated heterocycles. The molecule has 1 rings (SSSR count). The zero-order valence-corrected chi connectivity index (χ0v) is 14.6. The van der Waals surface area contributed by atoms with Crippen LogP contribution in [0.15, 0.2) is 15.8 Å². The van der Waals surface area contributed by atoms with Gasteiger partial charge < -0.3 is 19.4 Å². The van der Waals surface area contributed by atoms with E-state index < -0.39 is 29.1 Å². The van der Waals surface area contributed by atoms with Crippen LogP contribution < -0.4 is 16.6 Å². The van der Waals surface area contributed by atoms with Crippen molar-refractivity contribution in [3.05, 3.63) is 27.0 Å². The number of aryl methyl sites for hydroxylation is 1. The van der Waals surface area contributed by atoms with E-state index in [4.69, 9.17) is 21.7 Å². The standard InChI is InChI=1S/C14H19N3O6S/c1-5-22-12(19)9(13(20)23-6-2)10(24)15-8-7-16(3)14(21)17(4)11(8)18/h7,9H,5-6H2,1-4H3,(H,15,24). The summed E-state index contributed by atoms with van der Waals surface area (Å²) in [5.41, 5.74) is -1.22. The molecule has 0 saturated carbocycles. The molecule has 0 amide bonds. The number of esters is 2. The normalized spacial score (nSPS) is 10.4. The molecule has 0 aliphatic carbocycles. The average Bonchev–Trinajstić information content (AvgIpc) is 2.51. The largest absolute Gasteiger partial charge is 0.465 e. The van der Waals surface area contributed by atoms with Crippen molar-refractivity contribution in [1.29, 1.82) is 0 Å². The Bertz CT molecular complexity index is 749. The van der Waals surface area contributed by atoms with Gasteiger partial charge in [-0.05, 0) is 13.8 Å². The second kappa shape index (κ2) is 8.39. The highest BCUT2D eigenvalue weighted by atomic mass is 32.1. The fourth-order valence-corrected chi connectivity index (χ4v) is 2.16. The van der Waals surface area contributed by atoms with Crippen molar-refractivity contribution < 1.29 is 19.1 Å². The van der Waals surface area contributed by atoms with Gasteiger partial charge >= 0.3 is 17.6 Å². The first-order valence-corrected chi connectivity index (χ1v) is 7.56. The minimum atomic E-state index is -1.50. The van der Waals surface area contributed by atoms with Crippen LogP contribution in [0.5, 0.6) is 0 Å². The predicted octanol–water partition coefficient (Wildman–Crippen LogP) is -0.434. The molecule has 10 heteroatoms. The van der Waals surface area contributed by atoms with Crippen molar-refractivity contribution >= 4 is 34.8 Å². The molecule has 0 fully saturated rings. The van der Waals surface area contributed by atoms with Crippen molar-refractivity contribution in [3.63, 3.8) is 0 Å². The van der Waals surface area contributed by atoms with E-state index in [1.807, 2.05) is 0 Å². The van der Waals surface area contributed by atoms with Crippen molar-refractivity contribution in [2.75, 3.05) is 18.5 Å². The number of thiocarbonyl (C=S) groups is 1. The fourth-order valence-electron chi connectivity index (χ4n) is 1.86. The monoisotopic (exact) mass is 357 g/mol. The van der Waals surface area contributed by atoms with Gasteiger partial charge in [-0.3, -0.25) is 19.0 Å². The van der Waals surface area contributed by atoms with Crippen molar-refractivity contribution in [3.8, 4) is 0 Å². The average molecular weight is 357 g/mol. The van der Waals surface area contributed by atoms with Gasteiger partial charge in [-0.15, -0.1) is 0 Å². The van der Waals surface area contributed by atoms with Gasteiger partial charge in [-0.25, -0.2) is 4.79 Å². The number of carbonyl (C=O) groups excluding carboxylic acids is 2. The van der Waals surface area contributed by atoms with Crippen LogP contribution in [0.1, 0.15) is 13.8 Å².